The standard InChI is InChI=1S/C18H19NO5/c1-4-13(14-8-17(22-2)11-18(9-14)23-3)12-24-16-7-5-6-15(10-16)19(20)21/h4-11H,12H2,1-3H3/b13-4+. The fourth-order valence-electron chi connectivity index (χ4n) is 2.17. The molecular weight excluding hydrogens is 310 g/mol. The van der Waals surface area contributed by atoms with Gasteiger partial charge in [-0.15, -0.1) is 0 Å². The van der Waals surface area contributed by atoms with Crippen LogP contribution in [0.2, 0.25) is 0 Å². The number of methoxy groups -OCH3 is 2. The van der Waals surface area contributed by atoms with Crippen molar-refractivity contribution in [3.8, 4) is 17.2 Å². The zero-order valence-electron chi connectivity index (χ0n) is 13.8. The van der Waals surface area contributed by atoms with E-state index in [4.69, 9.17) is 14.2 Å². The molecule has 0 aliphatic rings. The summed E-state index contributed by atoms with van der Waals surface area (Å²) in [4.78, 5) is 10.4. The molecule has 6 nitrogen and oxygen atoms in total. The summed E-state index contributed by atoms with van der Waals surface area (Å²) in [7, 11) is 3.18. The lowest BCUT2D eigenvalue weighted by molar-refractivity contribution is -0.384. The van der Waals surface area contributed by atoms with Gasteiger partial charge in [-0.3, -0.25) is 10.1 Å². The number of benzene rings is 2. The van der Waals surface area contributed by atoms with Gasteiger partial charge < -0.3 is 14.2 Å². The molecule has 0 N–H and O–H groups in total. The molecule has 2 rings (SSSR count). The zero-order chi connectivity index (χ0) is 17.5. The highest BCUT2D eigenvalue weighted by atomic mass is 16.6. The molecular formula is C18H19NO5. The topological polar surface area (TPSA) is 70.8 Å². The minimum absolute atomic E-state index is 0.00224. The van der Waals surface area contributed by atoms with E-state index in [0.717, 1.165) is 11.1 Å². The number of hydrogen-bond donors (Lipinski definition) is 0. The Hall–Kier alpha value is -3.02. The van der Waals surface area contributed by atoms with Crippen LogP contribution < -0.4 is 14.2 Å². The first-order chi connectivity index (χ1) is 11.6. The van der Waals surface area contributed by atoms with E-state index in [1.807, 2.05) is 25.1 Å². The molecule has 0 amide bonds. The molecule has 126 valence electrons. The molecule has 0 aliphatic heterocycles. The molecule has 0 aliphatic carbocycles. The smallest absolute Gasteiger partial charge is 0.273 e. The van der Waals surface area contributed by atoms with Crippen LogP contribution in [-0.2, 0) is 0 Å². The third-order valence-corrected chi connectivity index (χ3v) is 3.49. The number of nitrogens with zero attached hydrogens (tertiary/aromatic N) is 1. The lowest BCUT2D eigenvalue weighted by atomic mass is 10.1. The number of rotatable bonds is 7. The van der Waals surface area contributed by atoms with Gasteiger partial charge in [0.05, 0.1) is 25.2 Å². The molecule has 6 heteroatoms. The number of nitro groups is 1. The van der Waals surface area contributed by atoms with Gasteiger partial charge in [0.1, 0.15) is 23.9 Å². The highest BCUT2D eigenvalue weighted by Gasteiger charge is 2.09. The van der Waals surface area contributed by atoms with Gasteiger partial charge in [0, 0.05) is 12.1 Å². The van der Waals surface area contributed by atoms with Crippen molar-refractivity contribution in [3.05, 3.63) is 64.2 Å². The Bertz CT molecular complexity index is 733. The van der Waals surface area contributed by atoms with Gasteiger partial charge in [0.15, 0.2) is 0 Å². The maximum atomic E-state index is 10.8. The fraction of sp³-hybridized carbons (Fsp3) is 0.222. The average Bonchev–Trinajstić information content (AvgIpc) is 2.62. The maximum Gasteiger partial charge on any atom is 0.273 e. The first kappa shape index (κ1) is 17.3. The number of nitro benzene ring substituents is 1. The monoisotopic (exact) mass is 329 g/mol. The third-order valence-electron chi connectivity index (χ3n) is 3.49. The van der Waals surface area contributed by atoms with E-state index in [1.165, 1.54) is 12.1 Å². The van der Waals surface area contributed by atoms with Crippen LogP contribution in [0.3, 0.4) is 0 Å². The molecule has 0 saturated heterocycles. The largest absolute Gasteiger partial charge is 0.497 e. The van der Waals surface area contributed by atoms with Gasteiger partial charge in [-0.2, -0.15) is 0 Å². The summed E-state index contributed by atoms with van der Waals surface area (Å²) >= 11 is 0. The molecule has 0 atom stereocenters. The molecule has 0 unspecified atom stereocenters. The van der Waals surface area contributed by atoms with E-state index < -0.39 is 4.92 Å². The predicted molar refractivity (Wildman–Crippen MR) is 91.8 cm³/mol. The van der Waals surface area contributed by atoms with E-state index in [-0.39, 0.29) is 12.3 Å². The Morgan fingerprint density at radius 1 is 1.08 bits per heavy atom. The quantitative estimate of drug-likeness (QED) is 0.565. The number of allylic oxidation sites excluding steroid dienone is 1. The molecule has 0 fully saturated rings. The maximum absolute atomic E-state index is 10.8. The van der Waals surface area contributed by atoms with E-state index >= 15 is 0 Å². The van der Waals surface area contributed by atoms with Gasteiger partial charge in [-0.05, 0) is 36.3 Å². The van der Waals surface area contributed by atoms with E-state index in [1.54, 1.807) is 32.4 Å². The number of non-ortho nitro benzene ring substituents is 1. The lowest BCUT2D eigenvalue weighted by Gasteiger charge is -2.13. The molecule has 0 radical (unpaired) electrons. The Balaban J connectivity index is 2.18. The van der Waals surface area contributed by atoms with Gasteiger partial charge in [0.2, 0.25) is 0 Å². The summed E-state index contributed by atoms with van der Waals surface area (Å²) in [5, 5.41) is 10.8. The van der Waals surface area contributed by atoms with Crippen LogP contribution in [0.4, 0.5) is 5.69 Å². The summed E-state index contributed by atoms with van der Waals surface area (Å²) in [5.74, 6) is 1.80. The summed E-state index contributed by atoms with van der Waals surface area (Å²) in [6, 6.07) is 11.7. The van der Waals surface area contributed by atoms with E-state index in [9.17, 15) is 10.1 Å². The number of hydrogen-bond acceptors (Lipinski definition) is 5. The molecule has 24 heavy (non-hydrogen) atoms. The van der Waals surface area contributed by atoms with Crippen molar-refractivity contribution in [2.45, 2.75) is 6.92 Å². The SMILES string of the molecule is C/C=C(\COc1cccc([N+](=O)[O-])c1)c1cc(OC)cc(OC)c1. The second-order valence-corrected chi connectivity index (χ2v) is 4.96. The van der Waals surface area contributed by atoms with Crippen molar-refractivity contribution in [3.63, 3.8) is 0 Å². The molecule has 0 spiro atoms. The average molecular weight is 329 g/mol. The lowest BCUT2D eigenvalue weighted by Crippen LogP contribution is -2.02. The van der Waals surface area contributed by atoms with Crippen LogP contribution in [0, 0.1) is 10.1 Å². The van der Waals surface area contributed by atoms with Crippen LogP contribution in [0.1, 0.15) is 12.5 Å². The van der Waals surface area contributed by atoms with Crippen LogP contribution in [-0.4, -0.2) is 25.7 Å². The van der Waals surface area contributed by atoms with Gasteiger partial charge >= 0.3 is 0 Å². The first-order valence-electron chi connectivity index (χ1n) is 7.33. The molecule has 2 aromatic rings. The third kappa shape index (κ3) is 4.25. The molecule has 2 aromatic carbocycles. The van der Waals surface area contributed by atoms with Gasteiger partial charge in [0.25, 0.3) is 5.69 Å². The molecule has 0 bridgehead atoms. The van der Waals surface area contributed by atoms with Crippen molar-refractivity contribution < 1.29 is 19.1 Å². The number of ether oxygens (including phenoxy) is 3. The fourth-order valence-corrected chi connectivity index (χ4v) is 2.17. The molecule has 0 heterocycles. The van der Waals surface area contributed by atoms with Crippen LogP contribution in [0.5, 0.6) is 17.2 Å². The van der Waals surface area contributed by atoms with Crippen molar-refractivity contribution >= 4 is 11.3 Å². The summed E-state index contributed by atoms with van der Waals surface area (Å²) < 4.78 is 16.2. The predicted octanol–water partition coefficient (Wildman–Crippen LogP) is 4.09. The Kier molecular flexibility index (Phi) is 5.78. The summed E-state index contributed by atoms with van der Waals surface area (Å²) in [6.07, 6.45) is 1.92. The highest BCUT2D eigenvalue weighted by Crippen LogP contribution is 2.28. The van der Waals surface area contributed by atoms with Crippen molar-refractivity contribution in [1.82, 2.24) is 0 Å². The van der Waals surface area contributed by atoms with Crippen LogP contribution in [0.25, 0.3) is 5.57 Å². The summed E-state index contributed by atoms with van der Waals surface area (Å²) in [5.41, 5.74) is 1.82. The van der Waals surface area contributed by atoms with Gasteiger partial charge in [-0.1, -0.05) is 12.1 Å². The van der Waals surface area contributed by atoms with E-state index in [2.05, 4.69) is 0 Å². The normalized spacial score (nSPS) is 11.0. The van der Waals surface area contributed by atoms with Crippen LogP contribution >= 0.6 is 0 Å². The minimum atomic E-state index is -0.448. The second-order valence-electron chi connectivity index (χ2n) is 4.96. The Morgan fingerprint density at radius 2 is 1.75 bits per heavy atom. The first-order valence-corrected chi connectivity index (χ1v) is 7.33. The Morgan fingerprint density at radius 3 is 2.29 bits per heavy atom. The summed E-state index contributed by atoms with van der Waals surface area (Å²) in [6.45, 7) is 2.17. The van der Waals surface area contributed by atoms with Crippen molar-refractivity contribution in [1.29, 1.82) is 0 Å². The molecule has 0 aromatic heterocycles. The zero-order valence-corrected chi connectivity index (χ0v) is 13.8. The molecule has 0 saturated carbocycles. The van der Waals surface area contributed by atoms with E-state index in [0.29, 0.717) is 17.2 Å². The highest BCUT2D eigenvalue weighted by molar-refractivity contribution is 5.69. The van der Waals surface area contributed by atoms with Crippen molar-refractivity contribution in [2.75, 3.05) is 20.8 Å². The van der Waals surface area contributed by atoms with Crippen LogP contribution in [0.15, 0.2) is 48.5 Å². The van der Waals surface area contributed by atoms with Crippen molar-refractivity contribution in [2.24, 2.45) is 0 Å². The Labute approximate surface area is 140 Å². The van der Waals surface area contributed by atoms with Gasteiger partial charge in [-0.25, -0.2) is 0 Å². The second kappa shape index (κ2) is 8.01. The minimum Gasteiger partial charge on any atom is -0.497 e.